The van der Waals surface area contributed by atoms with Crippen molar-refractivity contribution in [3.63, 3.8) is 0 Å². The summed E-state index contributed by atoms with van der Waals surface area (Å²) in [6.07, 6.45) is 0. The molecule has 3 heterocycles. The monoisotopic (exact) mass is 367 g/mol. The predicted molar refractivity (Wildman–Crippen MR) is 103 cm³/mol. The summed E-state index contributed by atoms with van der Waals surface area (Å²) in [6, 6.07) is 11.9. The van der Waals surface area contributed by atoms with Crippen LogP contribution in [0.15, 0.2) is 46.2 Å². The number of carbonyl (C=O) groups excluding carboxylic acids is 1. The summed E-state index contributed by atoms with van der Waals surface area (Å²) in [5.41, 5.74) is 3.05. The van der Waals surface area contributed by atoms with Crippen LogP contribution in [-0.4, -0.2) is 35.4 Å². The molecule has 1 amide bonds. The van der Waals surface area contributed by atoms with E-state index in [1.165, 1.54) is 5.56 Å². The van der Waals surface area contributed by atoms with Gasteiger partial charge in [-0.3, -0.25) is 9.69 Å². The lowest BCUT2D eigenvalue weighted by Gasteiger charge is -2.34. The van der Waals surface area contributed by atoms with Crippen LogP contribution in [0.4, 0.5) is 5.69 Å². The van der Waals surface area contributed by atoms with E-state index in [-0.39, 0.29) is 5.91 Å². The van der Waals surface area contributed by atoms with Crippen LogP contribution in [0, 0.1) is 13.8 Å². The Bertz CT molecular complexity index is 916. The highest BCUT2D eigenvalue weighted by molar-refractivity contribution is 7.13. The lowest BCUT2D eigenvalue weighted by molar-refractivity contribution is -0.121. The Hall–Kier alpha value is -2.44. The van der Waals surface area contributed by atoms with Gasteiger partial charge in [0.1, 0.15) is 5.76 Å². The Morgan fingerprint density at radius 3 is 2.65 bits per heavy atom. The fourth-order valence-electron chi connectivity index (χ4n) is 3.21. The van der Waals surface area contributed by atoms with Crippen LogP contribution in [0.3, 0.4) is 0 Å². The number of hydrogen-bond donors (Lipinski definition) is 0. The highest BCUT2D eigenvalue weighted by Crippen LogP contribution is 2.30. The first kappa shape index (κ1) is 17.0. The van der Waals surface area contributed by atoms with Gasteiger partial charge in [0.05, 0.1) is 17.1 Å². The number of benzene rings is 1. The number of para-hydroxylation sites is 1. The molecule has 5 nitrogen and oxygen atoms in total. The fraction of sp³-hybridized carbons (Fsp3) is 0.300. The standard InChI is InChI=1S/C20H21N3O2S/c1-14-8-11-26-19(14)20-21-17(15(2)25-20)12-22-9-10-23(18(24)13-22)16-6-4-3-5-7-16/h3-8,11H,9-10,12-13H2,1-2H3. The van der Waals surface area contributed by atoms with E-state index in [1.807, 2.05) is 47.5 Å². The Morgan fingerprint density at radius 2 is 1.96 bits per heavy atom. The summed E-state index contributed by atoms with van der Waals surface area (Å²) in [7, 11) is 0. The minimum absolute atomic E-state index is 0.123. The van der Waals surface area contributed by atoms with Crippen molar-refractivity contribution < 1.29 is 9.21 Å². The van der Waals surface area contributed by atoms with E-state index in [9.17, 15) is 4.79 Å². The molecule has 0 N–H and O–H groups in total. The molecule has 0 saturated carbocycles. The normalized spacial score (nSPS) is 15.6. The van der Waals surface area contributed by atoms with Gasteiger partial charge in [0, 0.05) is 25.3 Å². The molecule has 0 radical (unpaired) electrons. The third-order valence-electron chi connectivity index (χ3n) is 4.69. The average molecular weight is 367 g/mol. The first-order valence-electron chi connectivity index (χ1n) is 8.70. The highest BCUT2D eigenvalue weighted by Gasteiger charge is 2.26. The van der Waals surface area contributed by atoms with E-state index in [0.29, 0.717) is 25.5 Å². The third kappa shape index (κ3) is 3.30. The van der Waals surface area contributed by atoms with Gasteiger partial charge in [0.25, 0.3) is 0 Å². The number of anilines is 1. The van der Waals surface area contributed by atoms with Crippen LogP contribution in [0.1, 0.15) is 17.0 Å². The summed E-state index contributed by atoms with van der Waals surface area (Å²) in [5.74, 6) is 1.63. The maximum Gasteiger partial charge on any atom is 0.241 e. The number of carbonyl (C=O) groups is 1. The number of hydrogen-bond acceptors (Lipinski definition) is 5. The quantitative estimate of drug-likeness (QED) is 0.702. The van der Waals surface area contributed by atoms with E-state index in [1.54, 1.807) is 11.3 Å². The minimum atomic E-state index is 0.123. The zero-order valence-corrected chi connectivity index (χ0v) is 15.8. The zero-order valence-electron chi connectivity index (χ0n) is 14.9. The Kier molecular flexibility index (Phi) is 4.61. The van der Waals surface area contributed by atoms with Crippen LogP contribution >= 0.6 is 11.3 Å². The van der Waals surface area contributed by atoms with Gasteiger partial charge in [-0.15, -0.1) is 11.3 Å². The van der Waals surface area contributed by atoms with Crippen molar-refractivity contribution in [1.29, 1.82) is 0 Å². The number of aromatic nitrogens is 1. The zero-order chi connectivity index (χ0) is 18.1. The second kappa shape index (κ2) is 7.05. The summed E-state index contributed by atoms with van der Waals surface area (Å²) < 4.78 is 5.88. The van der Waals surface area contributed by atoms with Crippen molar-refractivity contribution in [3.8, 4) is 10.8 Å². The summed E-state index contributed by atoms with van der Waals surface area (Å²) in [4.78, 5) is 22.3. The third-order valence-corrected chi connectivity index (χ3v) is 5.69. The topological polar surface area (TPSA) is 49.6 Å². The van der Waals surface area contributed by atoms with E-state index in [0.717, 1.165) is 28.6 Å². The lowest BCUT2D eigenvalue weighted by atomic mass is 10.2. The van der Waals surface area contributed by atoms with Crippen molar-refractivity contribution in [2.45, 2.75) is 20.4 Å². The molecule has 134 valence electrons. The largest absolute Gasteiger partial charge is 0.440 e. The fourth-order valence-corrected chi connectivity index (χ4v) is 4.06. The van der Waals surface area contributed by atoms with E-state index in [4.69, 9.17) is 4.42 Å². The van der Waals surface area contributed by atoms with Crippen molar-refractivity contribution in [1.82, 2.24) is 9.88 Å². The SMILES string of the molecule is Cc1ccsc1-c1nc(CN2CCN(c3ccccc3)C(=O)C2)c(C)o1. The molecule has 1 aliphatic rings. The molecule has 3 aromatic rings. The molecule has 0 atom stereocenters. The van der Waals surface area contributed by atoms with Crippen LogP contribution in [-0.2, 0) is 11.3 Å². The van der Waals surface area contributed by atoms with E-state index in [2.05, 4.69) is 22.9 Å². The van der Waals surface area contributed by atoms with Gasteiger partial charge in [0.15, 0.2) is 0 Å². The van der Waals surface area contributed by atoms with Gasteiger partial charge in [-0.1, -0.05) is 18.2 Å². The summed E-state index contributed by atoms with van der Waals surface area (Å²) >= 11 is 1.64. The van der Waals surface area contributed by atoms with Crippen molar-refractivity contribution in [2.24, 2.45) is 0 Å². The number of thiophene rings is 1. The minimum Gasteiger partial charge on any atom is -0.440 e. The molecule has 1 fully saturated rings. The summed E-state index contributed by atoms with van der Waals surface area (Å²) in [5, 5.41) is 2.05. The molecule has 1 aromatic carbocycles. The van der Waals surface area contributed by atoms with Gasteiger partial charge >= 0.3 is 0 Å². The molecule has 26 heavy (non-hydrogen) atoms. The van der Waals surface area contributed by atoms with Gasteiger partial charge < -0.3 is 9.32 Å². The van der Waals surface area contributed by atoms with E-state index >= 15 is 0 Å². The Morgan fingerprint density at radius 1 is 1.15 bits per heavy atom. The highest BCUT2D eigenvalue weighted by atomic mass is 32.1. The van der Waals surface area contributed by atoms with Gasteiger partial charge in [-0.2, -0.15) is 0 Å². The maximum absolute atomic E-state index is 12.6. The van der Waals surface area contributed by atoms with Crippen molar-refractivity contribution in [2.75, 3.05) is 24.5 Å². The smallest absolute Gasteiger partial charge is 0.241 e. The van der Waals surface area contributed by atoms with Gasteiger partial charge in [0.2, 0.25) is 11.8 Å². The molecule has 4 rings (SSSR count). The molecule has 0 bridgehead atoms. The Balaban J connectivity index is 1.45. The number of amides is 1. The maximum atomic E-state index is 12.6. The molecule has 1 saturated heterocycles. The number of oxazole rings is 1. The van der Waals surface area contributed by atoms with Crippen LogP contribution in [0.25, 0.3) is 10.8 Å². The van der Waals surface area contributed by atoms with Crippen LogP contribution in [0.5, 0.6) is 0 Å². The van der Waals surface area contributed by atoms with Crippen LogP contribution < -0.4 is 4.90 Å². The van der Waals surface area contributed by atoms with Gasteiger partial charge in [-0.05, 0) is 43.0 Å². The number of piperazine rings is 1. The second-order valence-electron chi connectivity index (χ2n) is 6.55. The molecule has 0 spiro atoms. The van der Waals surface area contributed by atoms with Crippen molar-refractivity contribution >= 4 is 22.9 Å². The predicted octanol–water partition coefficient (Wildman–Crippen LogP) is 3.87. The lowest BCUT2D eigenvalue weighted by Crippen LogP contribution is -2.50. The molecule has 2 aromatic heterocycles. The first-order chi connectivity index (χ1) is 12.6. The van der Waals surface area contributed by atoms with Gasteiger partial charge in [-0.25, -0.2) is 4.98 Å². The molecule has 0 unspecified atom stereocenters. The molecule has 1 aliphatic heterocycles. The second-order valence-corrected chi connectivity index (χ2v) is 7.46. The Labute approximate surface area is 156 Å². The number of rotatable bonds is 4. The van der Waals surface area contributed by atoms with Crippen LogP contribution in [0.2, 0.25) is 0 Å². The molecule has 0 aliphatic carbocycles. The average Bonchev–Trinajstić information content (AvgIpc) is 3.22. The number of aryl methyl sites for hydroxylation is 2. The molecular weight excluding hydrogens is 346 g/mol. The van der Waals surface area contributed by atoms with E-state index < -0.39 is 0 Å². The summed E-state index contributed by atoms with van der Waals surface area (Å²) in [6.45, 7) is 6.54. The first-order valence-corrected chi connectivity index (χ1v) is 9.58. The van der Waals surface area contributed by atoms with Crippen molar-refractivity contribution in [3.05, 3.63) is 58.8 Å². The molecular formula is C20H21N3O2S. The number of nitrogens with zero attached hydrogens (tertiary/aromatic N) is 3. The molecule has 6 heteroatoms.